The molecule has 0 spiro atoms. The summed E-state index contributed by atoms with van der Waals surface area (Å²) in [4.78, 5) is 22.8. The molecular weight excluding hydrogens is 132 g/mol. The standard InChI is InChI=1S/C6H9N2O2/c7-3-4-8-5(9)1-2-6(8)10/h7H,1-4H2. The second-order valence-electron chi connectivity index (χ2n) is 2.19. The van der Waals surface area contributed by atoms with Crippen LogP contribution in [0.15, 0.2) is 0 Å². The van der Waals surface area contributed by atoms with Crippen molar-refractivity contribution in [2.75, 3.05) is 13.1 Å². The number of rotatable bonds is 2. The molecule has 55 valence electrons. The number of amides is 2. The summed E-state index contributed by atoms with van der Waals surface area (Å²) in [5, 5.41) is 0. The van der Waals surface area contributed by atoms with Gasteiger partial charge in [-0.05, 0) is 0 Å². The van der Waals surface area contributed by atoms with Crippen LogP contribution in [0.25, 0.3) is 0 Å². The number of carbonyl (C=O) groups excluding carboxylic acids is 2. The Bertz CT molecular complexity index is 151. The Kier molecular flexibility index (Phi) is 2.01. The average molecular weight is 141 g/mol. The lowest BCUT2D eigenvalue weighted by molar-refractivity contribution is -0.138. The Morgan fingerprint density at radius 3 is 2.20 bits per heavy atom. The summed E-state index contributed by atoms with van der Waals surface area (Å²) in [6.07, 6.45) is 0.664. The highest BCUT2D eigenvalue weighted by Crippen LogP contribution is 2.09. The minimum Gasteiger partial charge on any atom is -0.281 e. The molecule has 1 fully saturated rings. The second kappa shape index (κ2) is 2.79. The first-order chi connectivity index (χ1) is 4.75. The van der Waals surface area contributed by atoms with Crippen LogP contribution in [0.1, 0.15) is 12.8 Å². The first kappa shape index (κ1) is 7.21. The number of imide groups is 1. The molecule has 0 saturated carbocycles. The number of nitrogens with zero attached hydrogens (tertiary/aromatic N) is 1. The number of nitrogens with one attached hydrogen (secondary N) is 1. The largest absolute Gasteiger partial charge is 0.281 e. The van der Waals surface area contributed by atoms with Crippen LogP contribution >= 0.6 is 0 Å². The SMILES string of the molecule is [NH]CCN1C(=O)CCC1=O. The molecule has 0 aliphatic carbocycles. The molecule has 10 heavy (non-hydrogen) atoms. The third kappa shape index (κ3) is 1.16. The van der Waals surface area contributed by atoms with Gasteiger partial charge in [0.2, 0.25) is 11.8 Å². The number of hydrogen-bond acceptors (Lipinski definition) is 2. The van der Waals surface area contributed by atoms with Crippen LogP contribution < -0.4 is 5.73 Å². The molecule has 0 bridgehead atoms. The quantitative estimate of drug-likeness (QED) is 0.483. The van der Waals surface area contributed by atoms with E-state index in [1.165, 1.54) is 0 Å². The van der Waals surface area contributed by atoms with Crippen molar-refractivity contribution in [2.45, 2.75) is 12.8 Å². The first-order valence-electron chi connectivity index (χ1n) is 3.23. The van der Waals surface area contributed by atoms with E-state index in [9.17, 15) is 9.59 Å². The van der Waals surface area contributed by atoms with E-state index in [1.807, 2.05) is 0 Å². The van der Waals surface area contributed by atoms with Gasteiger partial charge in [-0.15, -0.1) is 0 Å². The van der Waals surface area contributed by atoms with Crippen molar-refractivity contribution in [2.24, 2.45) is 0 Å². The molecular formula is C6H9N2O2. The van der Waals surface area contributed by atoms with E-state index in [4.69, 9.17) is 5.73 Å². The predicted octanol–water partition coefficient (Wildman–Crippen LogP) is -0.582. The lowest BCUT2D eigenvalue weighted by Crippen LogP contribution is -2.31. The summed E-state index contributed by atoms with van der Waals surface area (Å²) in [7, 11) is 0. The predicted molar refractivity (Wildman–Crippen MR) is 33.9 cm³/mol. The lowest BCUT2D eigenvalue weighted by atomic mass is 10.4. The molecule has 2 amide bonds. The van der Waals surface area contributed by atoms with Crippen LogP contribution in [0.5, 0.6) is 0 Å². The molecule has 0 aromatic carbocycles. The fraction of sp³-hybridized carbons (Fsp3) is 0.667. The van der Waals surface area contributed by atoms with Gasteiger partial charge in [0.25, 0.3) is 0 Å². The molecule has 0 unspecified atom stereocenters. The highest BCUT2D eigenvalue weighted by molar-refractivity contribution is 6.01. The second-order valence-corrected chi connectivity index (χ2v) is 2.19. The lowest BCUT2D eigenvalue weighted by Gasteiger charge is -2.10. The van der Waals surface area contributed by atoms with Crippen molar-refractivity contribution in [3.8, 4) is 0 Å². The van der Waals surface area contributed by atoms with Gasteiger partial charge in [0, 0.05) is 25.9 Å². The van der Waals surface area contributed by atoms with Crippen molar-refractivity contribution in [1.82, 2.24) is 10.6 Å². The summed E-state index contributed by atoms with van der Waals surface area (Å²) in [6.45, 7) is 0.370. The number of carbonyl (C=O) groups is 2. The van der Waals surface area contributed by atoms with Gasteiger partial charge < -0.3 is 0 Å². The molecule has 0 atom stereocenters. The van der Waals surface area contributed by atoms with Gasteiger partial charge in [0.1, 0.15) is 0 Å². The fourth-order valence-electron chi connectivity index (χ4n) is 0.984. The molecule has 1 N–H and O–H groups in total. The van der Waals surface area contributed by atoms with Crippen molar-refractivity contribution in [1.29, 1.82) is 0 Å². The first-order valence-corrected chi connectivity index (χ1v) is 3.23. The fourth-order valence-corrected chi connectivity index (χ4v) is 0.984. The third-order valence-electron chi connectivity index (χ3n) is 1.49. The summed E-state index contributed by atoms with van der Waals surface area (Å²) < 4.78 is 0. The normalized spacial score (nSPS) is 18.7. The minimum atomic E-state index is -0.128. The van der Waals surface area contributed by atoms with Gasteiger partial charge >= 0.3 is 0 Å². The Morgan fingerprint density at radius 2 is 1.80 bits per heavy atom. The number of hydrogen-bond donors (Lipinski definition) is 0. The maximum Gasteiger partial charge on any atom is 0.229 e. The van der Waals surface area contributed by atoms with Crippen LogP contribution in [0, 0.1) is 0 Å². The Morgan fingerprint density at radius 1 is 1.30 bits per heavy atom. The monoisotopic (exact) mass is 141 g/mol. The average Bonchev–Trinajstić information content (AvgIpc) is 2.20. The highest BCUT2D eigenvalue weighted by atomic mass is 16.2. The van der Waals surface area contributed by atoms with Gasteiger partial charge in [0.15, 0.2) is 0 Å². The van der Waals surface area contributed by atoms with Gasteiger partial charge in [0.05, 0.1) is 0 Å². The smallest absolute Gasteiger partial charge is 0.229 e. The van der Waals surface area contributed by atoms with Crippen LogP contribution in [0.3, 0.4) is 0 Å². The van der Waals surface area contributed by atoms with Gasteiger partial charge in [-0.3, -0.25) is 20.2 Å². The highest BCUT2D eigenvalue weighted by Gasteiger charge is 2.27. The maximum absolute atomic E-state index is 10.8. The molecule has 1 saturated heterocycles. The van der Waals surface area contributed by atoms with E-state index in [0.717, 1.165) is 4.90 Å². The Labute approximate surface area is 59.0 Å². The zero-order chi connectivity index (χ0) is 7.56. The molecule has 0 aromatic rings. The Hall–Kier alpha value is -0.900. The zero-order valence-corrected chi connectivity index (χ0v) is 5.59. The molecule has 1 radical (unpaired) electrons. The topological polar surface area (TPSA) is 61.2 Å². The van der Waals surface area contributed by atoms with Gasteiger partial charge in [-0.1, -0.05) is 0 Å². The Balaban J connectivity index is 2.54. The van der Waals surface area contributed by atoms with Gasteiger partial charge in [-0.25, -0.2) is 0 Å². The molecule has 1 rings (SSSR count). The van der Waals surface area contributed by atoms with E-state index in [2.05, 4.69) is 0 Å². The van der Waals surface area contributed by atoms with Crippen molar-refractivity contribution in [3.63, 3.8) is 0 Å². The van der Waals surface area contributed by atoms with E-state index in [0.29, 0.717) is 12.8 Å². The van der Waals surface area contributed by atoms with Crippen molar-refractivity contribution >= 4 is 11.8 Å². The van der Waals surface area contributed by atoms with Gasteiger partial charge in [-0.2, -0.15) is 0 Å². The molecule has 4 heteroatoms. The van der Waals surface area contributed by atoms with Crippen LogP contribution in [-0.4, -0.2) is 29.8 Å². The molecule has 0 aromatic heterocycles. The molecule has 4 nitrogen and oxygen atoms in total. The summed E-state index contributed by atoms with van der Waals surface area (Å²) >= 11 is 0. The van der Waals surface area contributed by atoms with Crippen LogP contribution in [0.4, 0.5) is 0 Å². The molecule has 1 heterocycles. The third-order valence-corrected chi connectivity index (χ3v) is 1.49. The van der Waals surface area contributed by atoms with E-state index in [-0.39, 0.29) is 24.9 Å². The van der Waals surface area contributed by atoms with Crippen molar-refractivity contribution in [3.05, 3.63) is 0 Å². The van der Waals surface area contributed by atoms with E-state index in [1.54, 1.807) is 0 Å². The number of likely N-dealkylation sites (tertiary alicyclic amines) is 1. The van der Waals surface area contributed by atoms with Crippen LogP contribution in [0.2, 0.25) is 0 Å². The minimum absolute atomic E-state index is 0.109. The van der Waals surface area contributed by atoms with E-state index >= 15 is 0 Å². The summed E-state index contributed by atoms with van der Waals surface area (Å²) in [5.74, 6) is -0.255. The molecule has 1 aliphatic rings. The summed E-state index contributed by atoms with van der Waals surface area (Å²) in [5.41, 5.74) is 6.80. The van der Waals surface area contributed by atoms with Crippen molar-refractivity contribution < 1.29 is 9.59 Å². The van der Waals surface area contributed by atoms with Crippen LogP contribution in [-0.2, 0) is 9.59 Å². The zero-order valence-electron chi connectivity index (χ0n) is 5.59. The maximum atomic E-state index is 10.8. The summed E-state index contributed by atoms with van der Waals surface area (Å²) in [6, 6.07) is 0. The van der Waals surface area contributed by atoms with E-state index < -0.39 is 0 Å². The molecule has 1 aliphatic heterocycles.